The fraction of sp³-hybridized carbons (Fsp3) is 0.250. The van der Waals surface area contributed by atoms with Gasteiger partial charge >= 0.3 is 6.18 Å². The van der Waals surface area contributed by atoms with Crippen LogP contribution in [-0.2, 0) is 16.2 Å². The summed E-state index contributed by atoms with van der Waals surface area (Å²) < 4.78 is 66.3. The average molecular weight is 557 g/mol. The van der Waals surface area contributed by atoms with E-state index in [-0.39, 0.29) is 18.1 Å². The van der Waals surface area contributed by atoms with Gasteiger partial charge in [0.1, 0.15) is 4.90 Å². The minimum absolute atomic E-state index is 0.0749. The van der Waals surface area contributed by atoms with Crippen molar-refractivity contribution in [2.75, 3.05) is 31.1 Å². The van der Waals surface area contributed by atoms with Crippen molar-refractivity contribution in [2.45, 2.75) is 11.1 Å². The SMILES string of the molecule is O=S(=O)(c1cc(C(F)(F)F)ccc1Cl)N1CCN(c2nc(-c3ccc(Cl)cc3Cl)cs2)CC1. The van der Waals surface area contributed by atoms with Crippen LogP contribution in [0.5, 0.6) is 0 Å². The number of alkyl halides is 3. The molecule has 0 saturated carbocycles. The largest absolute Gasteiger partial charge is 0.416 e. The molecule has 0 bridgehead atoms. The number of aromatic nitrogens is 1. The van der Waals surface area contributed by atoms with E-state index in [1.165, 1.54) is 11.3 Å². The lowest BCUT2D eigenvalue weighted by atomic mass is 10.2. The van der Waals surface area contributed by atoms with Crippen molar-refractivity contribution in [1.82, 2.24) is 9.29 Å². The van der Waals surface area contributed by atoms with E-state index in [9.17, 15) is 21.6 Å². The summed E-state index contributed by atoms with van der Waals surface area (Å²) in [6.45, 7) is 0.783. The third kappa shape index (κ3) is 5.11. The highest BCUT2D eigenvalue weighted by molar-refractivity contribution is 7.89. The van der Waals surface area contributed by atoms with Gasteiger partial charge in [-0.2, -0.15) is 17.5 Å². The normalized spacial score (nSPS) is 15.8. The van der Waals surface area contributed by atoms with Crippen molar-refractivity contribution in [3.63, 3.8) is 0 Å². The van der Waals surface area contributed by atoms with Gasteiger partial charge in [-0.05, 0) is 36.4 Å². The molecule has 0 N–H and O–H groups in total. The molecule has 1 saturated heterocycles. The van der Waals surface area contributed by atoms with E-state index in [0.717, 1.165) is 22.0 Å². The first-order chi connectivity index (χ1) is 15.5. The van der Waals surface area contributed by atoms with Crippen LogP contribution in [0.1, 0.15) is 5.56 Å². The zero-order valence-corrected chi connectivity index (χ0v) is 20.5. The Morgan fingerprint density at radius 1 is 0.939 bits per heavy atom. The number of halogens is 6. The van der Waals surface area contributed by atoms with Crippen LogP contribution in [0.3, 0.4) is 0 Å². The Morgan fingerprint density at radius 3 is 2.27 bits per heavy atom. The summed E-state index contributed by atoms with van der Waals surface area (Å²) in [6.07, 6.45) is -4.68. The van der Waals surface area contributed by atoms with Gasteiger partial charge in [0.25, 0.3) is 0 Å². The number of hydrogen-bond acceptors (Lipinski definition) is 5. The highest BCUT2D eigenvalue weighted by atomic mass is 35.5. The number of anilines is 1. The van der Waals surface area contributed by atoms with Crippen LogP contribution < -0.4 is 4.90 Å². The molecule has 4 rings (SSSR count). The molecule has 0 amide bonds. The molecule has 5 nitrogen and oxygen atoms in total. The van der Waals surface area contributed by atoms with Crippen molar-refractivity contribution in [3.05, 3.63) is 62.4 Å². The third-order valence-electron chi connectivity index (χ3n) is 5.08. The van der Waals surface area contributed by atoms with Gasteiger partial charge in [-0.15, -0.1) is 11.3 Å². The molecule has 3 aromatic rings. The van der Waals surface area contributed by atoms with Crippen LogP contribution in [0.25, 0.3) is 11.3 Å². The molecule has 0 aliphatic carbocycles. The van der Waals surface area contributed by atoms with Crippen LogP contribution in [0.2, 0.25) is 15.1 Å². The third-order valence-corrected chi connectivity index (χ3v) is 8.91. The quantitative estimate of drug-likeness (QED) is 0.378. The Bertz CT molecular complexity index is 1290. The lowest BCUT2D eigenvalue weighted by molar-refractivity contribution is -0.137. The fourth-order valence-electron chi connectivity index (χ4n) is 3.37. The molecule has 0 atom stereocenters. The van der Waals surface area contributed by atoms with Gasteiger partial charge in [0.15, 0.2) is 5.13 Å². The van der Waals surface area contributed by atoms with Crippen molar-refractivity contribution >= 4 is 61.3 Å². The maximum atomic E-state index is 13.1. The molecule has 1 aliphatic rings. The smallest absolute Gasteiger partial charge is 0.345 e. The molecule has 33 heavy (non-hydrogen) atoms. The van der Waals surface area contributed by atoms with Crippen LogP contribution in [0, 0.1) is 0 Å². The number of rotatable bonds is 4. The summed E-state index contributed by atoms with van der Waals surface area (Å²) in [5.74, 6) is 0. The Hall–Kier alpha value is -1.56. The molecule has 1 aliphatic heterocycles. The van der Waals surface area contributed by atoms with E-state index < -0.39 is 26.7 Å². The van der Waals surface area contributed by atoms with E-state index >= 15 is 0 Å². The molecule has 1 aromatic heterocycles. The predicted molar refractivity (Wildman–Crippen MR) is 125 cm³/mol. The molecular weight excluding hydrogens is 542 g/mol. The Balaban J connectivity index is 1.50. The molecule has 13 heteroatoms. The molecule has 0 spiro atoms. The molecule has 176 valence electrons. The lowest BCUT2D eigenvalue weighted by Crippen LogP contribution is -2.48. The Kier molecular flexibility index (Phi) is 6.88. The van der Waals surface area contributed by atoms with Gasteiger partial charge in [0.2, 0.25) is 10.0 Å². The molecule has 0 unspecified atom stereocenters. The van der Waals surface area contributed by atoms with Crippen LogP contribution in [0.15, 0.2) is 46.7 Å². The van der Waals surface area contributed by atoms with Gasteiger partial charge in [0, 0.05) is 42.1 Å². The lowest BCUT2D eigenvalue weighted by Gasteiger charge is -2.34. The van der Waals surface area contributed by atoms with Gasteiger partial charge < -0.3 is 4.90 Å². The topological polar surface area (TPSA) is 53.5 Å². The minimum Gasteiger partial charge on any atom is -0.345 e. The van der Waals surface area contributed by atoms with Gasteiger partial charge in [-0.25, -0.2) is 13.4 Å². The van der Waals surface area contributed by atoms with Gasteiger partial charge in [0.05, 0.1) is 21.3 Å². The van der Waals surface area contributed by atoms with Crippen LogP contribution in [-0.4, -0.2) is 43.9 Å². The van der Waals surface area contributed by atoms with Crippen molar-refractivity contribution in [2.24, 2.45) is 0 Å². The summed E-state index contributed by atoms with van der Waals surface area (Å²) in [4.78, 5) is 5.96. The number of nitrogens with zero attached hydrogens (tertiary/aromatic N) is 3. The second-order valence-corrected chi connectivity index (χ2v) is 11.2. The maximum Gasteiger partial charge on any atom is 0.416 e. The fourth-order valence-corrected chi connectivity index (χ4v) is 6.67. The summed E-state index contributed by atoms with van der Waals surface area (Å²) in [5.41, 5.74) is 0.326. The Morgan fingerprint density at radius 2 is 1.64 bits per heavy atom. The predicted octanol–water partition coefficient (Wildman–Crippen LogP) is 6.30. The first kappa shape index (κ1) is 24.6. The Labute approximate surface area is 207 Å². The van der Waals surface area contributed by atoms with E-state index in [1.54, 1.807) is 18.2 Å². The summed E-state index contributed by atoms with van der Waals surface area (Å²) in [7, 11) is -4.20. The van der Waals surface area contributed by atoms with Crippen molar-refractivity contribution < 1.29 is 21.6 Å². The molecule has 0 radical (unpaired) electrons. The van der Waals surface area contributed by atoms with E-state index in [1.807, 2.05) is 10.3 Å². The zero-order chi connectivity index (χ0) is 24.0. The van der Waals surface area contributed by atoms with E-state index in [4.69, 9.17) is 34.8 Å². The van der Waals surface area contributed by atoms with E-state index in [2.05, 4.69) is 4.98 Å². The number of sulfonamides is 1. The monoisotopic (exact) mass is 555 g/mol. The highest BCUT2D eigenvalue weighted by Gasteiger charge is 2.35. The standard InChI is InChI=1S/C20H15Cl3F3N3O2S2/c21-13-2-3-14(16(23)10-13)17-11-32-19(27-17)28-5-7-29(8-6-28)33(30,31)18-9-12(20(24,25)26)1-4-15(18)22/h1-4,9-11H,5-8H2. The molecule has 1 fully saturated rings. The number of hydrogen-bond donors (Lipinski definition) is 0. The first-order valence-electron chi connectivity index (χ1n) is 9.49. The second kappa shape index (κ2) is 9.24. The summed E-state index contributed by atoms with van der Waals surface area (Å²) >= 11 is 19.5. The number of piperazine rings is 1. The summed E-state index contributed by atoms with van der Waals surface area (Å²) in [6, 6.07) is 7.39. The second-order valence-electron chi connectivity index (χ2n) is 7.17. The van der Waals surface area contributed by atoms with Crippen LogP contribution in [0.4, 0.5) is 18.3 Å². The van der Waals surface area contributed by atoms with Crippen molar-refractivity contribution in [3.8, 4) is 11.3 Å². The minimum atomic E-state index is -4.68. The van der Waals surface area contributed by atoms with Crippen molar-refractivity contribution in [1.29, 1.82) is 0 Å². The highest BCUT2D eigenvalue weighted by Crippen LogP contribution is 2.36. The molecule has 2 aromatic carbocycles. The average Bonchev–Trinajstić information content (AvgIpc) is 3.23. The van der Waals surface area contributed by atoms with Gasteiger partial charge in [-0.3, -0.25) is 0 Å². The first-order valence-corrected chi connectivity index (χ1v) is 12.9. The van der Waals surface area contributed by atoms with Gasteiger partial charge in [-0.1, -0.05) is 34.8 Å². The van der Waals surface area contributed by atoms with Crippen LogP contribution >= 0.6 is 46.1 Å². The molecule has 2 heterocycles. The zero-order valence-electron chi connectivity index (χ0n) is 16.6. The van der Waals surface area contributed by atoms with E-state index in [0.29, 0.717) is 40.0 Å². The maximum absolute atomic E-state index is 13.1. The number of thiazole rings is 1. The molecular formula is C20H15Cl3F3N3O2S2. The summed E-state index contributed by atoms with van der Waals surface area (Å²) in [5, 5.41) is 3.25. The number of benzene rings is 2.